The molecule has 1 amide bonds. The molecule has 24 heavy (non-hydrogen) atoms. The Morgan fingerprint density at radius 3 is 2.67 bits per heavy atom. The largest absolute Gasteiger partial charge is 0.352 e. The van der Waals surface area contributed by atoms with Gasteiger partial charge in [0.2, 0.25) is 0 Å². The van der Waals surface area contributed by atoms with Gasteiger partial charge >= 0.3 is 0 Å². The summed E-state index contributed by atoms with van der Waals surface area (Å²) in [7, 11) is 0. The fourth-order valence-corrected chi connectivity index (χ4v) is 2.43. The first-order valence-electron chi connectivity index (χ1n) is 7.68. The second-order valence-corrected chi connectivity index (χ2v) is 6.01. The number of amides is 1. The average molecular weight is 331 g/mol. The van der Waals surface area contributed by atoms with Gasteiger partial charge < -0.3 is 5.32 Å². The van der Waals surface area contributed by atoms with Gasteiger partial charge in [-0.05, 0) is 32.8 Å². The number of carbonyl (C=O) groups excluding carboxylic acids is 1. The zero-order chi connectivity index (χ0) is 17.9. The molecule has 0 fully saturated rings. The first-order valence-corrected chi connectivity index (χ1v) is 7.68. The molecule has 0 aliphatic heterocycles. The number of pyridine rings is 1. The van der Waals surface area contributed by atoms with Crippen LogP contribution in [0.2, 0.25) is 0 Å². The Balaban J connectivity index is 1.99. The highest BCUT2D eigenvalue weighted by Crippen LogP contribution is 2.14. The molecule has 8 nitrogen and oxygen atoms in total. The smallest absolute Gasteiger partial charge is 0.288 e. The lowest BCUT2D eigenvalue weighted by Crippen LogP contribution is -2.31. The van der Waals surface area contributed by atoms with Crippen LogP contribution >= 0.6 is 0 Å². The van der Waals surface area contributed by atoms with E-state index in [1.54, 1.807) is 6.92 Å². The summed E-state index contributed by atoms with van der Waals surface area (Å²) >= 11 is 0. The van der Waals surface area contributed by atoms with Gasteiger partial charge in [0.1, 0.15) is 6.20 Å². The average Bonchev–Trinajstić information content (AvgIpc) is 2.82. The topological polar surface area (TPSA) is 103 Å². The Hall–Kier alpha value is -2.77. The third-order valence-corrected chi connectivity index (χ3v) is 3.73. The van der Waals surface area contributed by atoms with Gasteiger partial charge in [0, 0.05) is 24.8 Å². The summed E-state index contributed by atoms with van der Waals surface area (Å²) in [4.78, 5) is 26.4. The quantitative estimate of drug-likeness (QED) is 0.645. The van der Waals surface area contributed by atoms with Crippen molar-refractivity contribution in [3.8, 4) is 0 Å². The maximum Gasteiger partial charge on any atom is 0.288 e. The molecule has 1 N–H and O–H groups in total. The Morgan fingerprint density at radius 2 is 2.08 bits per heavy atom. The lowest BCUT2D eigenvalue weighted by molar-refractivity contribution is -0.385. The van der Waals surface area contributed by atoms with Crippen molar-refractivity contribution in [1.82, 2.24) is 20.1 Å². The van der Waals surface area contributed by atoms with Crippen LogP contribution in [0.5, 0.6) is 0 Å². The van der Waals surface area contributed by atoms with E-state index in [2.05, 4.69) is 15.4 Å². The summed E-state index contributed by atoms with van der Waals surface area (Å²) < 4.78 is 1.91. The van der Waals surface area contributed by atoms with Crippen LogP contribution in [0.1, 0.15) is 34.4 Å². The van der Waals surface area contributed by atoms with E-state index in [0.717, 1.165) is 17.6 Å². The molecule has 0 saturated heterocycles. The molecule has 2 rings (SSSR count). The van der Waals surface area contributed by atoms with Crippen molar-refractivity contribution in [3.63, 3.8) is 0 Å². The zero-order valence-electron chi connectivity index (χ0n) is 14.2. The lowest BCUT2D eigenvalue weighted by atomic mass is 10.1. The van der Waals surface area contributed by atoms with Gasteiger partial charge in [-0.15, -0.1) is 0 Å². The molecule has 128 valence electrons. The fraction of sp³-hybridized carbons (Fsp3) is 0.438. The number of nitrogens with one attached hydrogen (secondary N) is 1. The second kappa shape index (κ2) is 7.20. The molecule has 2 aromatic heterocycles. The number of hydrogen-bond donors (Lipinski definition) is 1. The minimum atomic E-state index is -0.561. The summed E-state index contributed by atoms with van der Waals surface area (Å²) in [6.07, 6.45) is 1.15. The molecule has 1 unspecified atom stereocenters. The SMILES string of the molecule is Cc1cc(C)n(CC(C)CNC(=O)c2cc([N+](=O)[O-])cnc2C)n1. The van der Waals surface area contributed by atoms with Crippen LogP contribution in [0.3, 0.4) is 0 Å². The highest BCUT2D eigenvalue weighted by molar-refractivity contribution is 5.95. The van der Waals surface area contributed by atoms with E-state index in [1.807, 2.05) is 31.5 Å². The third-order valence-electron chi connectivity index (χ3n) is 3.73. The summed E-state index contributed by atoms with van der Waals surface area (Å²) in [6.45, 7) is 8.72. The van der Waals surface area contributed by atoms with Crippen LogP contribution in [0.25, 0.3) is 0 Å². The van der Waals surface area contributed by atoms with Gasteiger partial charge in [-0.2, -0.15) is 5.10 Å². The monoisotopic (exact) mass is 331 g/mol. The van der Waals surface area contributed by atoms with Gasteiger partial charge in [-0.25, -0.2) is 0 Å². The first-order chi connectivity index (χ1) is 11.3. The van der Waals surface area contributed by atoms with Gasteiger partial charge in [-0.1, -0.05) is 6.92 Å². The van der Waals surface area contributed by atoms with E-state index in [0.29, 0.717) is 18.8 Å². The van der Waals surface area contributed by atoms with E-state index in [-0.39, 0.29) is 23.1 Å². The van der Waals surface area contributed by atoms with E-state index in [9.17, 15) is 14.9 Å². The van der Waals surface area contributed by atoms with Gasteiger partial charge in [0.05, 0.1) is 21.9 Å². The molecule has 8 heteroatoms. The molecular weight excluding hydrogens is 310 g/mol. The van der Waals surface area contributed by atoms with Crippen molar-refractivity contribution in [2.45, 2.75) is 34.2 Å². The molecule has 1 atom stereocenters. The van der Waals surface area contributed by atoms with E-state index in [4.69, 9.17) is 0 Å². The molecule has 0 aliphatic rings. The van der Waals surface area contributed by atoms with Crippen LogP contribution in [-0.4, -0.2) is 32.1 Å². The van der Waals surface area contributed by atoms with Crippen LogP contribution in [0.4, 0.5) is 5.69 Å². The number of aromatic nitrogens is 3. The molecule has 0 radical (unpaired) electrons. The van der Waals surface area contributed by atoms with Crippen molar-refractivity contribution in [1.29, 1.82) is 0 Å². The van der Waals surface area contributed by atoms with Gasteiger partial charge in [0.15, 0.2) is 0 Å². The molecule has 0 bridgehead atoms. The highest BCUT2D eigenvalue weighted by atomic mass is 16.6. The molecular formula is C16H21N5O3. The maximum atomic E-state index is 12.3. The van der Waals surface area contributed by atoms with E-state index >= 15 is 0 Å². The Morgan fingerprint density at radius 1 is 1.38 bits per heavy atom. The number of nitrogens with zero attached hydrogens (tertiary/aromatic N) is 4. The van der Waals surface area contributed by atoms with E-state index in [1.165, 1.54) is 6.07 Å². The lowest BCUT2D eigenvalue weighted by Gasteiger charge is -2.14. The summed E-state index contributed by atoms with van der Waals surface area (Å²) in [6, 6.07) is 3.26. The van der Waals surface area contributed by atoms with Crippen LogP contribution in [-0.2, 0) is 6.54 Å². The predicted molar refractivity (Wildman–Crippen MR) is 88.8 cm³/mol. The third kappa shape index (κ3) is 4.15. The second-order valence-electron chi connectivity index (χ2n) is 6.01. The predicted octanol–water partition coefficient (Wildman–Crippen LogP) is 2.18. The van der Waals surface area contributed by atoms with E-state index < -0.39 is 4.92 Å². The molecule has 0 aromatic carbocycles. The Bertz CT molecular complexity index is 769. The minimum Gasteiger partial charge on any atom is -0.352 e. The summed E-state index contributed by atoms with van der Waals surface area (Å²) in [5.74, 6) is -0.192. The number of rotatable bonds is 6. The normalized spacial score (nSPS) is 12.0. The highest BCUT2D eigenvalue weighted by Gasteiger charge is 2.16. The first kappa shape index (κ1) is 17.6. The van der Waals surface area contributed by atoms with Crippen LogP contribution < -0.4 is 5.32 Å². The number of carbonyl (C=O) groups is 1. The van der Waals surface area contributed by atoms with Crippen molar-refractivity contribution < 1.29 is 9.72 Å². The number of hydrogen-bond acceptors (Lipinski definition) is 5. The van der Waals surface area contributed by atoms with Crippen LogP contribution in [0.15, 0.2) is 18.3 Å². The van der Waals surface area contributed by atoms with Gasteiger partial charge in [-0.3, -0.25) is 24.6 Å². The molecule has 2 aromatic rings. The standard InChI is InChI=1S/C16H21N5O3/c1-10(9-20-12(3)5-11(2)19-20)7-18-16(22)15-6-14(21(23)24)8-17-13(15)4/h5-6,8,10H,7,9H2,1-4H3,(H,18,22). The summed E-state index contributed by atoms with van der Waals surface area (Å²) in [5.41, 5.74) is 2.53. The van der Waals surface area contributed by atoms with Crippen molar-refractivity contribution in [2.75, 3.05) is 6.54 Å². The van der Waals surface area contributed by atoms with Crippen molar-refractivity contribution in [3.05, 3.63) is 51.1 Å². The van der Waals surface area contributed by atoms with Crippen molar-refractivity contribution >= 4 is 11.6 Å². The van der Waals surface area contributed by atoms with Crippen molar-refractivity contribution in [2.24, 2.45) is 5.92 Å². The zero-order valence-corrected chi connectivity index (χ0v) is 14.2. The Labute approximate surface area is 140 Å². The Kier molecular flexibility index (Phi) is 5.28. The maximum absolute atomic E-state index is 12.3. The molecule has 2 heterocycles. The minimum absolute atomic E-state index is 0.166. The number of nitro groups is 1. The number of aryl methyl sites for hydroxylation is 3. The summed E-state index contributed by atoms with van der Waals surface area (Å²) in [5, 5.41) is 18.0. The fourth-order valence-electron chi connectivity index (χ4n) is 2.43. The van der Waals surface area contributed by atoms with Gasteiger partial charge in [0.25, 0.3) is 11.6 Å². The molecule has 0 aliphatic carbocycles. The van der Waals surface area contributed by atoms with Crippen LogP contribution in [0, 0.1) is 36.8 Å². The molecule has 0 spiro atoms. The molecule has 0 saturated carbocycles.